The van der Waals surface area contributed by atoms with Crippen LogP contribution in [-0.4, -0.2) is 96.7 Å². The van der Waals surface area contributed by atoms with Crippen molar-refractivity contribution in [2.24, 2.45) is 23.7 Å². The van der Waals surface area contributed by atoms with Crippen molar-refractivity contribution in [1.29, 1.82) is 0 Å². The van der Waals surface area contributed by atoms with Gasteiger partial charge in [0.05, 0.1) is 26.4 Å². The summed E-state index contributed by atoms with van der Waals surface area (Å²) in [4.78, 5) is 72.7. The summed E-state index contributed by atoms with van der Waals surface area (Å²) in [6.45, 7) is 14.1. The zero-order chi connectivity index (χ0) is 68.9. The number of carbonyl (C=O) groups is 4. The van der Waals surface area contributed by atoms with Crippen LogP contribution < -0.4 is 0 Å². The van der Waals surface area contributed by atoms with Crippen molar-refractivity contribution < 1.29 is 80.2 Å². The highest BCUT2D eigenvalue weighted by Gasteiger charge is 2.30. The predicted molar refractivity (Wildman–Crippen MR) is 377 cm³/mol. The monoisotopic (exact) mass is 1370 g/mol. The minimum Gasteiger partial charge on any atom is -0.462 e. The summed E-state index contributed by atoms with van der Waals surface area (Å²) in [7, 11) is -9.91. The van der Waals surface area contributed by atoms with Gasteiger partial charge in [-0.1, -0.05) is 319 Å². The first kappa shape index (κ1) is 91.1. The van der Waals surface area contributed by atoms with E-state index in [1.165, 1.54) is 167 Å². The van der Waals surface area contributed by atoms with Gasteiger partial charge in [0.15, 0.2) is 12.2 Å². The van der Waals surface area contributed by atoms with Crippen molar-refractivity contribution >= 4 is 39.5 Å². The Kier molecular flexibility index (Phi) is 62.2. The van der Waals surface area contributed by atoms with Crippen LogP contribution in [0.3, 0.4) is 0 Å². The molecule has 0 aliphatic heterocycles. The molecule has 0 aromatic heterocycles. The van der Waals surface area contributed by atoms with E-state index in [0.29, 0.717) is 31.6 Å². The smallest absolute Gasteiger partial charge is 0.462 e. The molecule has 0 spiro atoms. The molecule has 0 bridgehead atoms. The van der Waals surface area contributed by atoms with Crippen LogP contribution in [0.2, 0.25) is 0 Å². The SMILES string of the molecule is CC(C)CCCCCCCCCCCCCCCCC(=O)OC[C@H](COP(=O)(O)OCC(O)COP(=O)(O)OC[C@@H](COC(=O)CCCCCCCCCC(C)C)OC(=O)CCCCCCCCCCCCCC(C)C)OC(=O)CCCCCCCCCCCC(C)C. The van der Waals surface area contributed by atoms with Crippen LogP contribution in [0.5, 0.6) is 0 Å². The van der Waals surface area contributed by atoms with Gasteiger partial charge in [-0.2, -0.15) is 0 Å². The molecule has 0 aliphatic carbocycles. The van der Waals surface area contributed by atoms with E-state index in [0.717, 1.165) is 114 Å². The van der Waals surface area contributed by atoms with Crippen LogP contribution in [0, 0.1) is 23.7 Å². The van der Waals surface area contributed by atoms with Gasteiger partial charge >= 0.3 is 39.5 Å². The molecule has 0 amide bonds. The highest BCUT2D eigenvalue weighted by atomic mass is 31.2. The van der Waals surface area contributed by atoms with E-state index in [-0.39, 0.29) is 25.7 Å². The van der Waals surface area contributed by atoms with Gasteiger partial charge in [-0.15, -0.1) is 0 Å². The van der Waals surface area contributed by atoms with Crippen LogP contribution in [0.4, 0.5) is 0 Å². The molecule has 0 saturated heterocycles. The third-order valence-corrected chi connectivity index (χ3v) is 19.0. The molecule has 552 valence electrons. The second-order valence-electron chi connectivity index (χ2n) is 28.6. The molecule has 0 rings (SSSR count). The van der Waals surface area contributed by atoms with Gasteiger partial charge in [-0.3, -0.25) is 37.3 Å². The van der Waals surface area contributed by atoms with Crippen molar-refractivity contribution in [2.75, 3.05) is 39.6 Å². The van der Waals surface area contributed by atoms with Gasteiger partial charge in [0.25, 0.3) is 0 Å². The molecule has 0 radical (unpaired) electrons. The Labute approximate surface area is 568 Å². The molecular formula is C74H144O17P2. The lowest BCUT2D eigenvalue weighted by atomic mass is 10.0. The molecule has 3 unspecified atom stereocenters. The third kappa shape index (κ3) is 68.4. The first-order chi connectivity index (χ1) is 44.6. The molecule has 0 aromatic rings. The summed E-state index contributed by atoms with van der Waals surface area (Å²) in [5.74, 6) is 0.881. The highest BCUT2D eigenvalue weighted by molar-refractivity contribution is 7.47. The predicted octanol–water partition coefficient (Wildman–Crippen LogP) is 21.3. The Balaban J connectivity index is 5.23. The second kappa shape index (κ2) is 63.5. The van der Waals surface area contributed by atoms with Crippen molar-refractivity contribution in [1.82, 2.24) is 0 Å². The summed E-state index contributed by atoms with van der Waals surface area (Å²) in [6.07, 6.45) is 47.3. The second-order valence-corrected chi connectivity index (χ2v) is 31.5. The number of phosphoric ester groups is 2. The summed E-state index contributed by atoms with van der Waals surface area (Å²) >= 11 is 0. The molecule has 0 aliphatic rings. The lowest BCUT2D eigenvalue weighted by Crippen LogP contribution is -2.30. The molecule has 93 heavy (non-hydrogen) atoms. The maximum Gasteiger partial charge on any atom is 0.472 e. The van der Waals surface area contributed by atoms with Gasteiger partial charge < -0.3 is 33.8 Å². The van der Waals surface area contributed by atoms with Crippen molar-refractivity contribution in [3.8, 4) is 0 Å². The fourth-order valence-corrected chi connectivity index (χ4v) is 12.8. The van der Waals surface area contributed by atoms with E-state index in [2.05, 4.69) is 55.4 Å². The average molecular weight is 1370 g/mol. The lowest BCUT2D eigenvalue weighted by Gasteiger charge is -2.21. The van der Waals surface area contributed by atoms with Crippen molar-refractivity contribution in [3.05, 3.63) is 0 Å². The summed E-state index contributed by atoms with van der Waals surface area (Å²) in [5.41, 5.74) is 0. The minimum absolute atomic E-state index is 0.105. The van der Waals surface area contributed by atoms with Gasteiger partial charge in [0, 0.05) is 25.7 Å². The zero-order valence-corrected chi connectivity index (χ0v) is 62.7. The molecule has 0 heterocycles. The number of ether oxygens (including phenoxy) is 4. The quantitative estimate of drug-likeness (QED) is 0.0222. The number of esters is 4. The van der Waals surface area contributed by atoms with E-state index >= 15 is 0 Å². The average Bonchev–Trinajstić information content (AvgIpc) is 2.15. The molecule has 17 nitrogen and oxygen atoms in total. The number of aliphatic hydroxyl groups excluding tert-OH is 1. The molecule has 0 fully saturated rings. The van der Waals surface area contributed by atoms with E-state index < -0.39 is 97.5 Å². The van der Waals surface area contributed by atoms with Crippen LogP contribution >= 0.6 is 15.6 Å². The lowest BCUT2D eigenvalue weighted by molar-refractivity contribution is -0.161. The van der Waals surface area contributed by atoms with Crippen LogP contribution in [-0.2, 0) is 65.4 Å². The van der Waals surface area contributed by atoms with Gasteiger partial charge in [-0.25, -0.2) is 9.13 Å². The van der Waals surface area contributed by atoms with E-state index in [4.69, 9.17) is 37.0 Å². The van der Waals surface area contributed by atoms with Crippen LogP contribution in [0.15, 0.2) is 0 Å². The number of hydrogen-bond donors (Lipinski definition) is 3. The van der Waals surface area contributed by atoms with Crippen molar-refractivity contribution in [2.45, 2.75) is 388 Å². The normalized spacial score (nSPS) is 14.2. The van der Waals surface area contributed by atoms with Gasteiger partial charge in [0.1, 0.15) is 19.3 Å². The number of rotatable bonds is 71. The zero-order valence-electron chi connectivity index (χ0n) is 60.9. The molecule has 0 aromatic carbocycles. The Morgan fingerprint density at radius 3 is 0.667 bits per heavy atom. The largest absolute Gasteiger partial charge is 0.472 e. The van der Waals surface area contributed by atoms with Crippen molar-refractivity contribution in [3.63, 3.8) is 0 Å². The fourth-order valence-electron chi connectivity index (χ4n) is 11.2. The third-order valence-electron chi connectivity index (χ3n) is 17.1. The summed E-state index contributed by atoms with van der Waals surface area (Å²) < 4.78 is 68.4. The number of hydrogen-bond acceptors (Lipinski definition) is 15. The number of carbonyl (C=O) groups excluding carboxylic acids is 4. The van der Waals surface area contributed by atoms with E-state index in [1.54, 1.807) is 0 Å². The van der Waals surface area contributed by atoms with Crippen LogP contribution in [0.25, 0.3) is 0 Å². The fraction of sp³-hybridized carbons (Fsp3) is 0.946. The number of aliphatic hydroxyl groups is 1. The minimum atomic E-state index is -4.96. The molecular weight excluding hydrogens is 1220 g/mol. The standard InChI is InChI=1S/C74H144O17P2/c1-64(2)50-42-34-26-19-14-11-9-10-12-16-22-30-38-46-54-71(76)84-60-69(91-74(79)57-49-41-32-24-18-21-28-36-44-52-66(5)6)62-88-92(80,81)86-58-68(75)59-87-93(82,83)89-63-70(61-85-72(77)55-47-39-33-25-29-37-45-53-67(7)8)90-73(78)56-48-40-31-23-17-13-15-20-27-35-43-51-65(3)4/h64-70,75H,9-63H2,1-8H3,(H,80,81)(H,82,83)/t68?,69-,70-/m1/s1. The first-order valence-corrected chi connectivity index (χ1v) is 41.2. The number of unbranched alkanes of at least 4 members (excludes halogenated alkanes) is 37. The molecule has 3 N–H and O–H groups in total. The molecule has 0 saturated carbocycles. The maximum atomic E-state index is 13.1. The maximum absolute atomic E-state index is 13.1. The Hall–Kier alpha value is -1.94. The van der Waals surface area contributed by atoms with Gasteiger partial charge in [0.2, 0.25) is 0 Å². The molecule has 5 atom stereocenters. The van der Waals surface area contributed by atoms with Gasteiger partial charge in [-0.05, 0) is 49.4 Å². The van der Waals surface area contributed by atoms with E-state index in [1.807, 2.05) is 0 Å². The Bertz CT molecular complexity index is 1830. The Morgan fingerprint density at radius 2 is 0.452 bits per heavy atom. The summed E-state index contributed by atoms with van der Waals surface area (Å²) in [6, 6.07) is 0. The molecule has 19 heteroatoms. The highest BCUT2D eigenvalue weighted by Crippen LogP contribution is 2.45. The topological polar surface area (TPSA) is 237 Å². The first-order valence-electron chi connectivity index (χ1n) is 38.2. The van der Waals surface area contributed by atoms with Crippen LogP contribution in [0.1, 0.15) is 370 Å². The summed E-state index contributed by atoms with van der Waals surface area (Å²) in [5, 5.41) is 10.6. The number of phosphoric acid groups is 2. The van der Waals surface area contributed by atoms with E-state index in [9.17, 15) is 43.2 Å². The Morgan fingerprint density at radius 1 is 0.269 bits per heavy atom.